The van der Waals surface area contributed by atoms with Gasteiger partial charge in [-0.2, -0.15) is 0 Å². The van der Waals surface area contributed by atoms with Crippen molar-refractivity contribution in [2.75, 3.05) is 0 Å². The molecule has 0 bridgehead atoms. The molecule has 0 heterocycles. The minimum absolute atomic E-state index is 0.336. The summed E-state index contributed by atoms with van der Waals surface area (Å²) in [6, 6.07) is 0. The molecule has 0 aromatic rings. The highest BCUT2D eigenvalue weighted by Crippen LogP contribution is 2.49. The summed E-state index contributed by atoms with van der Waals surface area (Å²) in [5, 5.41) is 0. The van der Waals surface area contributed by atoms with Crippen LogP contribution in [-0.2, 0) is 4.79 Å². The third-order valence-electron chi connectivity index (χ3n) is 5.25. The number of hydrogen-bond donors (Lipinski definition) is 0. The fourth-order valence-corrected chi connectivity index (χ4v) is 4.32. The largest absolute Gasteiger partial charge is 0.299 e. The van der Waals surface area contributed by atoms with E-state index in [4.69, 9.17) is 0 Å². The van der Waals surface area contributed by atoms with Crippen LogP contribution in [-0.4, -0.2) is 5.78 Å². The highest BCUT2D eigenvalue weighted by molar-refractivity contribution is 5.82. The molecule has 3 rings (SSSR count). The minimum Gasteiger partial charge on any atom is -0.299 e. The molecule has 1 nitrogen and oxygen atoms in total. The Kier molecular flexibility index (Phi) is 2.65. The number of fused-ring (bicyclic) bond motifs is 3. The molecule has 0 radical (unpaired) electrons. The second-order valence-corrected chi connectivity index (χ2v) is 5.97. The van der Waals surface area contributed by atoms with Crippen LogP contribution in [0.3, 0.4) is 0 Å². The lowest BCUT2D eigenvalue weighted by molar-refractivity contribution is -0.127. The van der Waals surface area contributed by atoms with Gasteiger partial charge < -0.3 is 0 Å². The lowest BCUT2D eigenvalue weighted by Crippen LogP contribution is -2.39. The third-order valence-corrected chi connectivity index (χ3v) is 5.25. The van der Waals surface area contributed by atoms with E-state index in [1.165, 1.54) is 32.1 Å². The van der Waals surface area contributed by atoms with Gasteiger partial charge in [-0.25, -0.2) is 0 Å². The average Bonchev–Trinajstić information content (AvgIpc) is 2.33. The van der Waals surface area contributed by atoms with Crippen LogP contribution in [0.2, 0.25) is 0 Å². The Morgan fingerprint density at radius 3 is 2.94 bits per heavy atom. The molecule has 0 saturated heterocycles. The summed E-state index contributed by atoms with van der Waals surface area (Å²) in [7, 11) is 0. The highest BCUT2D eigenvalue weighted by atomic mass is 16.1. The van der Waals surface area contributed by atoms with Crippen LogP contribution >= 0.6 is 0 Å². The summed E-state index contributed by atoms with van der Waals surface area (Å²) in [5.41, 5.74) is 1.75. The second-order valence-electron chi connectivity index (χ2n) is 5.97. The maximum Gasteiger partial charge on any atom is 0.136 e. The van der Waals surface area contributed by atoms with E-state index in [1.54, 1.807) is 5.57 Å². The molecule has 3 aliphatic carbocycles. The normalized spacial score (nSPS) is 43.3. The van der Waals surface area contributed by atoms with Crippen LogP contribution in [0.4, 0.5) is 0 Å². The fraction of sp³-hybridized carbons (Fsp3) is 0.800. The first-order valence-electron chi connectivity index (χ1n) is 7.00. The molecule has 0 spiro atoms. The molecule has 4 unspecified atom stereocenters. The maximum absolute atomic E-state index is 11.8. The SMILES string of the molecule is CC1C(=O)CCC2C3=CCCCC3CCC12. The molecule has 2 saturated carbocycles. The molecule has 0 N–H and O–H groups in total. The lowest BCUT2D eigenvalue weighted by Gasteiger charge is -2.45. The van der Waals surface area contributed by atoms with Gasteiger partial charge in [0.25, 0.3) is 0 Å². The molecule has 88 valence electrons. The summed E-state index contributed by atoms with van der Waals surface area (Å²) in [6.07, 6.45) is 11.3. The number of hydrogen-bond acceptors (Lipinski definition) is 1. The minimum atomic E-state index is 0.336. The summed E-state index contributed by atoms with van der Waals surface area (Å²) in [6.45, 7) is 2.17. The second kappa shape index (κ2) is 4.01. The number of carbonyl (C=O) groups excluding carboxylic acids is 1. The Morgan fingerprint density at radius 2 is 2.06 bits per heavy atom. The predicted molar refractivity (Wildman–Crippen MR) is 65.0 cm³/mol. The fourth-order valence-electron chi connectivity index (χ4n) is 4.32. The van der Waals surface area contributed by atoms with Crippen LogP contribution in [0.25, 0.3) is 0 Å². The van der Waals surface area contributed by atoms with E-state index in [1.807, 2.05) is 0 Å². The Bertz CT molecular complexity index is 328. The van der Waals surface area contributed by atoms with Gasteiger partial charge in [0, 0.05) is 12.3 Å². The quantitative estimate of drug-likeness (QED) is 0.566. The average molecular weight is 218 g/mol. The third kappa shape index (κ3) is 1.56. The van der Waals surface area contributed by atoms with Crippen molar-refractivity contribution in [2.24, 2.45) is 23.7 Å². The Labute approximate surface area is 98.3 Å². The molecule has 0 amide bonds. The van der Waals surface area contributed by atoms with Gasteiger partial charge in [-0.1, -0.05) is 18.6 Å². The van der Waals surface area contributed by atoms with Crippen molar-refractivity contribution in [3.05, 3.63) is 11.6 Å². The standard InChI is InChI=1S/C15H22O/c1-10-12-7-6-11-4-2-3-5-13(11)14(12)8-9-15(10)16/h5,10-12,14H,2-4,6-9H2,1H3. The van der Waals surface area contributed by atoms with Crippen molar-refractivity contribution in [2.45, 2.75) is 51.9 Å². The number of Topliss-reactive ketones (excluding diaryl/α,β-unsaturated/α-hetero) is 1. The molecule has 4 atom stereocenters. The summed E-state index contributed by atoms with van der Waals surface area (Å²) in [5.74, 6) is 3.20. The van der Waals surface area contributed by atoms with Gasteiger partial charge in [0.15, 0.2) is 0 Å². The van der Waals surface area contributed by atoms with Gasteiger partial charge in [0.05, 0.1) is 0 Å². The molecular formula is C15H22O. The first kappa shape index (κ1) is 10.6. The Balaban J connectivity index is 1.87. The number of allylic oxidation sites excluding steroid dienone is 2. The van der Waals surface area contributed by atoms with Crippen molar-refractivity contribution >= 4 is 5.78 Å². The zero-order chi connectivity index (χ0) is 11.1. The van der Waals surface area contributed by atoms with Crippen LogP contribution in [0.5, 0.6) is 0 Å². The summed E-state index contributed by atoms with van der Waals surface area (Å²) < 4.78 is 0. The maximum atomic E-state index is 11.8. The van der Waals surface area contributed by atoms with Crippen molar-refractivity contribution in [3.63, 3.8) is 0 Å². The van der Waals surface area contributed by atoms with E-state index in [0.717, 1.165) is 24.7 Å². The van der Waals surface area contributed by atoms with Gasteiger partial charge in [0.2, 0.25) is 0 Å². The molecule has 2 fully saturated rings. The molecule has 0 aromatic carbocycles. The molecular weight excluding hydrogens is 196 g/mol. The first-order valence-corrected chi connectivity index (χ1v) is 7.00. The molecule has 16 heavy (non-hydrogen) atoms. The smallest absolute Gasteiger partial charge is 0.136 e. The number of ketones is 1. The van der Waals surface area contributed by atoms with Crippen molar-refractivity contribution in [1.29, 1.82) is 0 Å². The predicted octanol–water partition coefficient (Wildman–Crippen LogP) is 3.74. The van der Waals surface area contributed by atoms with Gasteiger partial charge in [0.1, 0.15) is 5.78 Å². The van der Waals surface area contributed by atoms with Gasteiger partial charge in [-0.05, 0) is 56.3 Å². The molecule has 1 heteroatoms. The van der Waals surface area contributed by atoms with Crippen LogP contribution in [0.15, 0.2) is 11.6 Å². The van der Waals surface area contributed by atoms with Gasteiger partial charge in [-0.3, -0.25) is 4.79 Å². The van der Waals surface area contributed by atoms with E-state index in [-0.39, 0.29) is 0 Å². The van der Waals surface area contributed by atoms with Gasteiger partial charge in [-0.15, -0.1) is 0 Å². The van der Waals surface area contributed by atoms with E-state index in [2.05, 4.69) is 13.0 Å². The van der Waals surface area contributed by atoms with Crippen molar-refractivity contribution in [3.8, 4) is 0 Å². The van der Waals surface area contributed by atoms with Gasteiger partial charge >= 0.3 is 0 Å². The molecule has 3 aliphatic rings. The topological polar surface area (TPSA) is 17.1 Å². The van der Waals surface area contributed by atoms with Crippen molar-refractivity contribution < 1.29 is 4.79 Å². The van der Waals surface area contributed by atoms with Crippen LogP contribution in [0.1, 0.15) is 51.9 Å². The summed E-state index contributed by atoms with van der Waals surface area (Å²) >= 11 is 0. The lowest BCUT2D eigenvalue weighted by atomic mass is 9.59. The first-order chi connectivity index (χ1) is 7.77. The number of carbonyl (C=O) groups is 1. The zero-order valence-electron chi connectivity index (χ0n) is 10.2. The van der Waals surface area contributed by atoms with E-state index in [0.29, 0.717) is 17.6 Å². The number of rotatable bonds is 0. The Hall–Kier alpha value is -0.590. The molecule has 0 aromatic heterocycles. The Morgan fingerprint density at radius 1 is 1.19 bits per heavy atom. The van der Waals surface area contributed by atoms with Crippen LogP contribution < -0.4 is 0 Å². The zero-order valence-corrected chi connectivity index (χ0v) is 10.2. The highest BCUT2D eigenvalue weighted by Gasteiger charge is 2.42. The van der Waals surface area contributed by atoms with E-state index >= 15 is 0 Å². The van der Waals surface area contributed by atoms with E-state index < -0.39 is 0 Å². The van der Waals surface area contributed by atoms with Crippen molar-refractivity contribution in [1.82, 2.24) is 0 Å². The van der Waals surface area contributed by atoms with E-state index in [9.17, 15) is 4.79 Å². The van der Waals surface area contributed by atoms with Crippen LogP contribution in [0, 0.1) is 23.7 Å². The summed E-state index contributed by atoms with van der Waals surface area (Å²) in [4.78, 5) is 11.8. The monoisotopic (exact) mass is 218 g/mol. The molecule has 0 aliphatic heterocycles.